The van der Waals surface area contributed by atoms with E-state index in [2.05, 4.69) is 19.1 Å². The number of hydrogen-bond donors (Lipinski definition) is 0. The number of fused-ring (bicyclic) bond motifs is 1. The quantitative estimate of drug-likeness (QED) is 0.659. The van der Waals surface area contributed by atoms with E-state index < -0.39 is 0 Å². The minimum Gasteiger partial charge on any atom is -0.206 e. The molecular weight excluding hydrogens is 199 g/mol. The number of rotatable bonds is 1. The van der Waals surface area contributed by atoms with Gasteiger partial charge in [0.05, 0.1) is 0 Å². The monoisotopic (exact) mass is 214 g/mol. The Morgan fingerprint density at radius 1 is 1.25 bits per heavy atom. The zero-order valence-corrected chi connectivity index (χ0v) is 9.63. The van der Waals surface area contributed by atoms with Crippen molar-refractivity contribution in [3.05, 3.63) is 52.9 Å². The van der Waals surface area contributed by atoms with Crippen LogP contribution in [0.15, 0.2) is 35.9 Å². The normalized spacial score (nSPS) is 26.9. The van der Waals surface area contributed by atoms with Crippen molar-refractivity contribution in [3.8, 4) is 0 Å². The molecule has 0 amide bonds. The molecule has 0 saturated heterocycles. The predicted octanol–water partition coefficient (Wildman–Crippen LogP) is 4.11. The average molecular weight is 214 g/mol. The summed E-state index contributed by atoms with van der Waals surface area (Å²) in [6, 6.07) is 5.34. The van der Waals surface area contributed by atoms with Crippen LogP contribution in [-0.2, 0) is 0 Å². The first kappa shape index (κ1) is 9.83. The molecule has 0 N–H and O–H groups in total. The van der Waals surface area contributed by atoms with Gasteiger partial charge in [-0.3, -0.25) is 0 Å². The summed E-state index contributed by atoms with van der Waals surface area (Å²) in [4.78, 5) is 0. The van der Waals surface area contributed by atoms with E-state index in [0.717, 1.165) is 11.1 Å². The number of aryl methyl sites for hydroxylation is 1. The molecule has 1 saturated carbocycles. The SMILES string of the molecule is CC1=CC2CC2C(c2c(C)cccc2F)=C1. The van der Waals surface area contributed by atoms with Crippen LogP contribution in [0.2, 0.25) is 0 Å². The van der Waals surface area contributed by atoms with Crippen molar-refractivity contribution >= 4 is 5.57 Å². The van der Waals surface area contributed by atoms with Crippen molar-refractivity contribution in [1.82, 2.24) is 0 Å². The molecule has 1 fully saturated rings. The summed E-state index contributed by atoms with van der Waals surface area (Å²) < 4.78 is 13.9. The van der Waals surface area contributed by atoms with E-state index >= 15 is 0 Å². The summed E-state index contributed by atoms with van der Waals surface area (Å²) in [7, 11) is 0. The lowest BCUT2D eigenvalue weighted by molar-refractivity contribution is 0.621. The molecule has 0 aromatic heterocycles. The van der Waals surface area contributed by atoms with E-state index in [0.29, 0.717) is 11.8 Å². The number of allylic oxidation sites excluding steroid dienone is 4. The lowest BCUT2D eigenvalue weighted by Gasteiger charge is -2.15. The van der Waals surface area contributed by atoms with E-state index in [1.807, 2.05) is 13.0 Å². The van der Waals surface area contributed by atoms with E-state index in [-0.39, 0.29) is 5.82 Å². The molecule has 0 bridgehead atoms. The van der Waals surface area contributed by atoms with Crippen LogP contribution in [0.4, 0.5) is 4.39 Å². The highest BCUT2D eigenvalue weighted by Gasteiger charge is 2.41. The zero-order chi connectivity index (χ0) is 11.3. The zero-order valence-electron chi connectivity index (χ0n) is 9.63. The van der Waals surface area contributed by atoms with Gasteiger partial charge in [0.15, 0.2) is 0 Å². The highest BCUT2D eigenvalue weighted by molar-refractivity contribution is 5.76. The van der Waals surface area contributed by atoms with Crippen LogP contribution in [0, 0.1) is 24.6 Å². The van der Waals surface area contributed by atoms with Gasteiger partial charge >= 0.3 is 0 Å². The highest BCUT2D eigenvalue weighted by Crippen LogP contribution is 2.53. The van der Waals surface area contributed by atoms with Gasteiger partial charge in [0.2, 0.25) is 0 Å². The molecule has 0 heterocycles. The van der Waals surface area contributed by atoms with Gasteiger partial charge in [-0.15, -0.1) is 0 Å². The summed E-state index contributed by atoms with van der Waals surface area (Å²) in [5, 5.41) is 0. The average Bonchev–Trinajstić information content (AvgIpc) is 2.95. The van der Waals surface area contributed by atoms with Gasteiger partial charge in [-0.05, 0) is 49.3 Å². The molecular formula is C15H15F. The molecule has 0 radical (unpaired) electrons. The minimum absolute atomic E-state index is 0.0772. The molecule has 2 unspecified atom stereocenters. The Balaban J connectivity index is 2.14. The van der Waals surface area contributed by atoms with Crippen LogP contribution < -0.4 is 0 Å². The van der Waals surface area contributed by atoms with Gasteiger partial charge in [-0.1, -0.05) is 29.9 Å². The van der Waals surface area contributed by atoms with Crippen LogP contribution in [0.25, 0.3) is 5.57 Å². The van der Waals surface area contributed by atoms with Crippen molar-refractivity contribution in [2.75, 3.05) is 0 Å². The van der Waals surface area contributed by atoms with Gasteiger partial charge in [-0.25, -0.2) is 4.39 Å². The Labute approximate surface area is 95.5 Å². The van der Waals surface area contributed by atoms with Gasteiger partial charge in [-0.2, -0.15) is 0 Å². The Morgan fingerprint density at radius 3 is 2.81 bits per heavy atom. The smallest absolute Gasteiger partial charge is 0.130 e. The fourth-order valence-electron chi connectivity index (χ4n) is 2.75. The number of hydrogen-bond acceptors (Lipinski definition) is 0. The second-order valence-corrected chi connectivity index (χ2v) is 4.95. The maximum atomic E-state index is 13.9. The van der Waals surface area contributed by atoms with Crippen LogP contribution in [0.1, 0.15) is 24.5 Å². The molecule has 0 aliphatic heterocycles. The fraction of sp³-hybridized carbons (Fsp3) is 0.333. The molecule has 3 rings (SSSR count). The molecule has 2 aliphatic rings. The third-order valence-electron chi connectivity index (χ3n) is 3.61. The molecule has 2 aliphatic carbocycles. The van der Waals surface area contributed by atoms with Gasteiger partial charge < -0.3 is 0 Å². The first-order valence-corrected chi connectivity index (χ1v) is 5.82. The summed E-state index contributed by atoms with van der Waals surface area (Å²) in [5.41, 5.74) is 4.37. The van der Waals surface area contributed by atoms with Crippen LogP contribution in [-0.4, -0.2) is 0 Å². The standard InChI is InChI=1S/C15H15F/c1-9-6-11-8-12(11)13(7-9)15-10(2)4-3-5-14(15)16/h3-7,11-12H,8H2,1-2H3. The molecule has 16 heavy (non-hydrogen) atoms. The molecule has 1 aromatic carbocycles. The maximum absolute atomic E-state index is 13.9. The predicted molar refractivity (Wildman–Crippen MR) is 64.5 cm³/mol. The number of halogens is 1. The minimum atomic E-state index is -0.0772. The van der Waals surface area contributed by atoms with Crippen molar-refractivity contribution in [3.63, 3.8) is 0 Å². The van der Waals surface area contributed by atoms with Crippen molar-refractivity contribution in [1.29, 1.82) is 0 Å². The van der Waals surface area contributed by atoms with E-state index in [4.69, 9.17) is 0 Å². The second-order valence-electron chi connectivity index (χ2n) is 4.95. The van der Waals surface area contributed by atoms with Crippen LogP contribution >= 0.6 is 0 Å². The molecule has 0 spiro atoms. The summed E-state index contributed by atoms with van der Waals surface area (Å²) in [6.45, 7) is 4.09. The van der Waals surface area contributed by atoms with E-state index in [1.54, 1.807) is 12.1 Å². The largest absolute Gasteiger partial charge is 0.206 e. The molecule has 0 nitrogen and oxygen atoms in total. The van der Waals surface area contributed by atoms with Crippen molar-refractivity contribution < 1.29 is 4.39 Å². The van der Waals surface area contributed by atoms with Crippen molar-refractivity contribution in [2.45, 2.75) is 20.3 Å². The highest BCUT2D eigenvalue weighted by atomic mass is 19.1. The van der Waals surface area contributed by atoms with Gasteiger partial charge in [0.25, 0.3) is 0 Å². The Hall–Kier alpha value is -1.37. The fourth-order valence-corrected chi connectivity index (χ4v) is 2.75. The third kappa shape index (κ3) is 1.42. The van der Waals surface area contributed by atoms with Crippen molar-refractivity contribution in [2.24, 2.45) is 11.8 Å². The lowest BCUT2D eigenvalue weighted by Crippen LogP contribution is -2.00. The molecule has 1 heteroatoms. The van der Waals surface area contributed by atoms with Gasteiger partial charge in [0.1, 0.15) is 5.82 Å². The molecule has 2 atom stereocenters. The van der Waals surface area contributed by atoms with Crippen LogP contribution in [0.5, 0.6) is 0 Å². The van der Waals surface area contributed by atoms with E-state index in [1.165, 1.54) is 17.6 Å². The summed E-state index contributed by atoms with van der Waals surface area (Å²) in [6.07, 6.45) is 5.65. The first-order valence-electron chi connectivity index (χ1n) is 5.82. The van der Waals surface area contributed by atoms with Crippen LogP contribution in [0.3, 0.4) is 0 Å². The molecule has 82 valence electrons. The maximum Gasteiger partial charge on any atom is 0.130 e. The van der Waals surface area contributed by atoms with E-state index in [9.17, 15) is 4.39 Å². The third-order valence-corrected chi connectivity index (χ3v) is 3.61. The summed E-state index contributed by atoms with van der Waals surface area (Å²) in [5.74, 6) is 1.16. The Kier molecular flexibility index (Phi) is 2.03. The topological polar surface area (TPSA) is 0 Å². The Bertz CT molecular complexity index is 488. The number of benzene rings is 1. The molecule has 1 aromatic rings. The summed E-state index contributed by atoms with van der Waals surface area (Å²) >= 11 is 0. The lowest BCUT2D eigenvalue weighted by atomic mass is 9.91. The Morgan fingerprint density at radius 2 is 2.06 bits per heavy atom. The first-order chi connectivity index (χ1) is 7.66. The van der Waals surface area contributed by atoms with Gasteiger partial charge in [0, 0.05) is 5.56 Å². The second kappa shape index (κ2) is 3.31.